The summed E-state index contributed by atoms with van der Waals surface area (Å²) in [6, 6.07) is 11.5. The summed E-state index contributed by atoms with van der Waals surface area (Å²) in [5, 5.41) is 14.4. The van der Waals surface area contributed by atoms with Gasteiger partial charge in [0.2, 0.25) is 0 Å². The van der Waals surface area contributed by atoms with E-state index in [4.69, 9.17) is 4.42 Å². The molecule has 1 aliphatic carbocycles. The number of hydrogen-bond acceptors (Lipinski definition) is 4. The Labute approximate surface area is 178 Å². The predicted octanol–water partition coefficient (Wildman–Crippen LogP) is 6.27. The van der Waals surface area contributed by atoms with Crippen LogP contribution in [0.25, 0.3) is 22.1 Å². The van der Waals surface area contributed by atoms with E-state index in [2.05, 4.69) is 5.32 Å². The molecule has 0 spiro atoms. The van der Waals surface area contributed by atoms with Gasteiger partial charge in [-0.15, -0.1) is 11.3 Å². The number of benzene rings is 2. The number of nitrogens with one attached hydrogen (secondary N) is 1. The maximum Gasteiger partial charge on any atom is 0.339 e. The van der Waals surface area contributed by atoms with Gasteiger partial charge in [0.1, 0.15) is 16.1 Å². The maximum atomic E-state index is 14.8. The van der Waals surface area contributed by atoms with E-state index < -0.39 is 23.5 Å². The molecule has 2 N–H and O–H groups in total. The zero-order chi connectivity index (χ0) is 21.7. The number of hydrogen-bond donors (Lipinski definition) is 2. The van der Waals surface area contributed by atoms with Crippen molar-refractivity contribution in [1.29, 1.82) is 0 Å². The number of rotatable bonds is 5. The SMILES string of the molecule is O=C(Nc1scc(-c2ccc(C3CC3)c(F)c2F)c1C(=O)O)c1cc2ccccc2o1. The number of carboxylic acids is 1. The molecule has 5 nitrogen and oxygen atoms in total. The predicted molar refractivity (Wildman–Crippen MR) is 113 cm³/mol. The van der Waals surface area contributed by atoms with Crippen LogP contribution in [0.2, 0.25) is 0 Å². The number of para-hydroxylation sites is 1. The lowest BCUT2D eigenvalue weighted by molar-refractivity contribution is 0.0699. The highest BCUT2D eigenvalue weighted by molar-refractivity contribution is 7.15. The summed E-state index contributed by atoms with van der Waals surface area (Å²) in [7, 11) is 0. The van der Waals surface area contributed by atoms with Gasteiger partial charge in [0.25, 0.3) is 5.91 Å². The van der Waals surface area contributed by atoms with Crippen molar-refractivity contribution in [3.8, 4) is 11.1 Å². The lowest BCUT2D eigenvalue weighted by atomic mass is 9.99. The summed E-state index contributed by atoms with van der Waals surface area (Å²) >= 11 is 0.923. The monoisotopic (exact) mass is 439 g/mol. The molecule has 2 heterocycles. The number of carboxylic acid groups (broad SMARTS) is 1. The van der Waals surface area contributed by atoms with Gasteiger partial charge in [-0.1, -0.05) is 30.3 Å². The van der Waals surface area contributed by atoms with Crippen LogP contribution in [0, 0.1) is 11.6 Å². The van der Waals surface area contributed by atoms with Crippen molar-refractivity contribution in [3.63, 3.8) is 0 Å². The number of fused-ring (bicyclic) bond motifs is 1. The zero-order valence-corrected chi connectivity index (χ0v) is 16.8. The minimum Gasteiger partial charge on any atom is -0.478 e. The second kappa shape index (κ2) is 7.31. The first-order valence-corrected chi connectivity index (χ1v) is 10.4. The first-order valence-electron chi connectivity index (χ1n) is 9.57. The number of furan rings is 1. The maximum absolute atomic E-state index is 14.8. The molecule has 5 rings (SSSR count). The number of aromatic carboxylic acids is 1. The third kappa shape index (κ3) is 3.38. The third-order valence-corrected chi connectivity index (χ3v) is 6.20. The molecule has 0 atom stereocenters. The van der Waals surface area contributed by atoms with Crippen LogP contribution in [-0.4, -0.2) is 17.0 Å². The van der Waals surface area contributed by atoms with E-state index in [0.717, 1.165) is 29.6 Å². The first-order chi connectivity index (χ1) is 14.9. The molecule has 0 bridgehead atoms. The Morgan fingerprint density at radius 1 is 1.06 bits per heavy atom. The highest BCUT2D eigenvalue weighted by Gasteiger charge is 2.30. The van der Waals surface area contributed by atoms with Crippen molar-refractivity contribution in [1.82, 2.24) is 0 Å². The van der Waals surface area contributed by atoms with Gasteiger partial charge in [0.15, 0.2) is 17.4 Å². The summed E-state index contributed by atoms with van der Waals surface area (Å²) in [4.78, 5) is 24.6. The lowest BCUT2D eigenvalue weighted by Gasteiger charge is -2.09. The smallest absolute Gasteiger partial charge is 0.339 e. The molecule has 0 unspecified atom stereocenters. The van der Waals surface area contributed by atoms with Gasteiger partial charge in [0, 0.05) is 21.9 Å². The van der Waals surface area contributed by atoms with Crippen molar-refractivity contribution in [3.05, 3.63) is 76.4 Å². The molecule has 2 aromatic carbocycles. The molecule has 0 saturated heterocycles. The topological polar surface area (TPSA) is 79.5 Å². The van der Waals surface area contributed by atoms with E-state index in [1.165, 1.54) is 17.5 Å². The van der Waals surface area contributed by atoms with Crippen molar-refractivity contribution < 1.29 is 27.9 Å². The third-order valence-electron chi connectivity index (χ3n) is 5.30. The van der Waals surface area contributed by atoms with E-state index in [0.29, 0.717) is 11.1 Å². The number of halogens is 2. The zero-order valence-electron chi connectivity index (χ0n) is 15.9. The molecule has 1 amide bonds. The Bertz CT molecular complexity index is 1320. The number of carbonyl (C=O) groups is 2. The Kier molecular flexibility index (Phi) is 4.59. The molecule has 8 heteroatoms. The van der Waals surface area contributed by atoms with E-state index in [9.17, 15) is 23.5 Å². The van der Waals surface area contributed by atoms with Crippen LogP contribution in [-0.2, 0) is 0 Å². The Morgan fingerprint density at radius 2 is 1.84 bits per heavy atom. The van der Waals surface area contributed by atoms with Gasteiger partial charge in [-0.2, -0.15) is 0 Å². The van der Waals surface area contributed by atoms with Crippen molar-refractivity contribution in [2.24, 2.45) is 0 Å². The summed E-state index contributed by atoms with van der Waals surface area (Å²) in [6.45, 7) is 0. The van der Waals surface area contributed by atoms with Crippen LogP contribution in [0.5, 0.6) is 0 Å². The number of carbonyl (C=O) groups excluding carboxylic acids is 1. The van der Waals surface area contributed by atoms with E-state index in [1.54, 1.807) is 30.3 Å². The first kappa shape index (κ1) is 19.4. The summed E-state index contributed by atoms with van der Waals surface area (Å²) in [6.07, 6.45) is 1.62. The van der Waals surface area contributed by atoms with Gasteiger partial charge in [-0.05, 0) is 36.5 Å². The van der Waals surface area contributed by atoms with Crippen LogP contribution in [0.1, 0.15) is 45.2 Å². The average Bonchev–Trinajstić information content (AvgIpc) is 3.35. The van der Waals surface area contributed by atoms with Gasteiger partial charge in [0.05, 0.1) is 0 Å². The number of anilines is 1. The Hall–Kier alpha value is -3.52. The number of thiophene rings is 1. The van der Waals surface area contributed by atoms with Gasteiger partial charge >= 0.3 is 5.97 Å². The Morgan fingerprint density at radius 3 is 2.55 bits per heavy atom. The fourth-order valence-corrected chi connectivity index (χ4v) is 4.55. The van der Waals surface area contributed by atoms with E-state index >= 15 is 0 Å². The molecule has 1 aliphatic rings. The highest BCUT2D eigenvalue weighted by atomic mass is 32.1. The minimum atomic E-state index is -1.36. The summed E-state index contributed by atoms with van der Waals surface area (Å²) in [5.74, 6) is -4.00. The van der Waals surface area contributed by atoms with Crippen molar-refractivity contribution in [2.75, 3.05) is 5.32 Å². The number of amides is 1. The molecular formula is C23H15F2NO4S. The van der Waals surface area contributed by atoms with E-state index in [1.807, 2.05) is 0 Å². The fourth-order valence-electron chi connectivity index (χ4n) is 3.60. The normalized spacial score (nSPS) is 13.5. The van der Waals surface area contributed by atoms with Crippen LogP contribution in [0.15, 0.2) is 52.3 Å². The average molecular weight is 439 g/mol. The van der Waals surface area contributed by atoms with Gasteiger partial charge in [-0.25, -0.2) is 13.6 Å². The quantitative estimate of drug-likeness (QED) is 0.384. The van der Waals surface area contributed by atoms with Crippen LogP contribution in [0.3, 0.4) is 0 Å². The standard InChI is InChI=1S/C23H15F2NO4S/c24-19-13(11-5-6-11)7-8-14(20(19)25)15-10-31-22(18(15)23(28)29)26-21(27)17-9-12-3-1-2-4-16(12)30-17/h1-4,7-11H,5-6H2,(H,26,27)(H,28,29). The summed E-state index contributed by atoms with van der Waals surface area (Å²) < 4.78 is 34.8. The van der Waals surface area contributed by atoms with Crippen LogP contribution < -0.4 is 5.32 Å². The molecular weight excluding hydrogens is 424 g/mol. The molecule has 156 valence electrons. The molecule has 1 saturated carbocycles. The second-order valence-electron chi connectivity index (χ2n) is 7.37. The van der Waals surface area contributed by atoms with Crippen molar-refractivity contribution >= 4 is 39.2 Å². The molecule has 2 aromatic heterocycles. The minimum absolute atomic E-state index is 0.0103. The Balaban J connectivity index is 1.51. The van der Waals surface area contributed by atoms with Crippen LogP contribution in [0.4, 0.5) is 13.8 Å². The summed E-state index contributed by atoms with van der Waals surface area (Å²) in [5.41, 5.74) is 0.390. The van der Waals surface area contributed by atoms with Crippen molar-refractivity contribution in [2.45, 2.75) is 18.8 Å². The molecule has 31 heavy (non-hydrogen) atoms. The molecule has 1 fully saturated rings. The van der Waals surface area contributed by atoms with E-state index in [-0.39, 0.29) is 33.4 Å². The van der Waals surface area contributed by atoms with Gasteiger partial charge in [-0.3, -0.25) is 4.79 Å². The lowest BCUT2D eigenvalue weighted by Crippen LogP contribution is -2.13. The fraction of sp³-hybridized carbons (Fsp3) is 0.130. The molecule has 4 aromatic rings. The highest BCUT2D eigenvalue weighted by Crippen LogP contribution is 2.44. The van der Waals surface area contributed by atoms with Crippen LogP contribution >= 0.6 is 11.3 Å². The molecule has 0 radical (unpaired) electrons. The molecule has 0 aliphatic heterocycles. The largest absolute Gasteiger partial charge is 0.478 e. The van der Waals surface area contributed by atoms with Gasteiger partial charge < -0.3 is 14.8 Å². The second-order valence-corrected chi connectivity index (χ2v) is 8.25.